The van der Waals surface area contributed by atoms with Crippen LogP contribution in [0, 0.1) is 35.5 Å². The number of aliphatic hydroxyl groups excluding tert-OH is 3. The van der Waals surface area contributed by atoms with Gasteiger partial charge in [-0.25, -0.2) is 0 Å². The third kappa shape index (κ3) is 19.5. The first-order chi connectivity index (χ1) is 50.7. The van der Waals surface area contributed by atoms with Crippen LogP contribution in [0.25, 0.3) is 0 Å². The van der Waals surface area contributed by atoms with Crippen LogP contribution in [0.3, 0.4) is 0 Å². The molecule has 0 aromatic heterocycles. The zero-order chi connectivity index (χ0) is 73.2. The maximum Gasteiger partial charge on any atom is 0.120 e. The van der Waals surface area contributed by atoms with Gasteiger partial charge < -0.3 is 43.7 Å². The maximum absolute atomic E-state index is 9.23. The summed E-state index contributed by atoms with van der Waals surface area (Å²) >= 11 is 0. The van der Waals surface area contributed by atoms with Crippen LogP contribution in [0.4, 0.5) is 0 Å². The van der Waals surface area contributed by atoms with Gasteiger partial charge in [0.2, 0.25) is 0 Å². The summed E-state index contributed by atoms with van der Waals surface area (Å²) in [6, 6.07) is 79.2. The molecule has 105 heavy (non-hydrogen) atoms. The highest BCUT2D eigenvalue weighted by Gasteiger charge is 2.38. The van der Waals surface area contributed by atoms with Crippen LogP contribution in [0.1, 0.15) is 222 Å². The van der Waals surface area contributed by atoms with E-state index in [1.54, 1.807) is 0 Å². The van der Waals surface area contributed by atoms with E-state index in [0.29, 0.717) is 90.8 Å². The van der Waals surface area contributed by atoms with Crippen LogP contribution >= 0.6 is 0 Å². The minimum absolute atomic E-state index is 0.205. The molecule has 9 nitrogen and oxygen atoms in total. The highest BCUT2D eigenvalue weighted by molar-refractivity contribution is 5.52. The van der Waals surface area contributed by atoms with Crippen molar-refractivity contribution >= 4 is 0 Å². The van der Waals surface area contributed by atoms with Gasteiger partial charge in [0.05, 0.1) is 19.8 Å². The van der Waals surface area contributed by atoms with Crippen molar-refractivity contribution in [2.45, 2.75) is 192 Å². The first kappa shape index (κ1) is 74.9. The molecule has 552 valence electrons. The summed E-state index contributed by atoms with van der Waals surface area (Å²) in [5.41, 5.74) is 16.0. The highest BCUT2D eigenvalue weighted by atomic mass is 16.5. The number of rotatable bonds is 21. The van der Waals surface area contributed by atoms with Crippen molar-refractivity contribution in [3.05, 3.63) is 285 Å². The van der Waals surface area contributed by atoms with E-state index in [2.05, 4.69) is 281 Å². The van der Waals surface area contributed by atoms with E-state index >= 15 is 0 Å². The molecular formula is C96H114O9. The maximum atomic E-state index is 9.23. The largest absolute Gasteiger partial charge is 0.493 e. The fraction of sp³-hybridized carbons (Fsp3) is 0.438. The lowest BCUT2D eigenvalue weighted by Crippen LogP contribution is -2.30. The molecule has 6 aliphatic carbocycles. The van der Waals surface area contributed by atoms with Crippen LogP contribution in [0.2, 0.25) is 0 Å². The lowest BCUT2D eigenvalue weighted by molar-refractivity contribution is 0.0729. The molecule has 6 atom stereocenters. The molecular weight excluding hydrogens is 1300 g/mol. The lowest BCUT2D eigenvalue weighted by Gasteiger charge is -2.35. The average Bonchev–Trinajstić information content (AvgIpc) is 0.776. The monoisotopic (exact) mass is 1410 g/mol. The molecule has 9 aromatic rings. The fourth-order valence-electron chi connectivity index (χ4n) is 17.5. The van der Waals surface area contributed by atoms with Crippen molar-refractivity contribution in [2.75, 3.05) is 39.6 Å². The van der Waals surface area contributed by atoms with Crippen molar-refractivity contribution in [3.63, 3.8) is 0 Å². The van der Waals surface area contributed by atoms with Crippen molar-refractivity contribution < 1.29 is 43.7 Å². The second-order valence-electron chi connectivity index (χ2n) is 34.1. The highest BCUT2D eigenvalue weighted by Crippen LogP contribution is 2.51. The van der Waals surface area contributed by atoms with Crippen molar-refractivity contribution in [2.24, 2.45) is 35.5 Å². The second kappa shape index (κ2) is 33.6. The van der Waals surface area contributed by atoms with Gasteiger partial charge in [-0.3, -0.25) is 0 Å². The minimum atomic E-state index is -0.205. The molecule has 0 saturated heterocycles. The van der Waals surface area contributed by atoms with E-state index in [-0.39, 0.29) is 16.8 Å². The van der Waals surface area contributed by atoms with Gasteiger partial charge in [-0.1, -0.05) is 146 Å². The summed E-state index contributed by atoms with van der Waals surface area (Å²) in [4.78, 5) is 0. The standard InChI is InChI=1S/3C32H38O3/c3*1-32(2,3)35-28-14-16-30-26(19-28)11-15-29(24-7-5-4-6-8-24)31(30)25-9-12-27(13-10-25)34-21-23-17-22(18-23)20-33/h3*4-10,12-14,16,19,22-23,29,31,33H,11,15,17-18,20-21H2,1-3H3/t3*22?,23?,29-,31+/m111/s1. The Labute approximate surface area is 626 Å². The van der Waals surface area contributed by atoms with Gasteiger partial charge in [0.15, 0.2) is 0 Å². The molecule has 0 radical (unpaired) electrons. The number of hydrogen-bond acceptors (Lipinski definition) is 9. The van der Waals surface area contributed by atoms with Crippen LogP contribution < -0.4 is 28.4 Å². The van der Waals surface area contributed by atoms with Gasteiger partial charge in [0.25, 0.3) is 0 Å². The Bertz CT molecular complexity index is 3760. The molecule has 9 aromatic carbocycles. The van der Waals surface area contributed by atoms with Gasteiger partial charge in [-0.15, -0.1) is 0 Å². The molecule has 3 saturated carbocycles. The number of hydrogen-bond donors (Lipinski definition) is 3. The summed E-state index contributed by atoms with van der Waals surface area (Å²) in [7, 11) is 0. The Hall–Kier alpha value is -8.34. The Morgan fingerprint density at radius 3 is 0.743 bits per heavy atom. The zero-order valence-electron chi connectivity index (χ0n) is 63.7. The molecule has 6 aliphatic rings. The molecule has 0 spiro atoms. The normalized spacial score (nSPS) is 23.8. The molecule has 3 N–H and O–H groups in total. The summed E-state index contributed by atoms with van der Waals surface area (Å²) in [5.74, 6) is 11.0. The molecule has 0 bridgehead atoms. The van der Waals surface area contributed by atoms with E-state index in [4.69, 9.17) is 28.4 Å². The van der Waals surface area contributed by atoms with Crippen molar-refractivity contribution in [1.82, 2.24) is 0 Å². The molecule has 0 aliphatic heterocycles. The van der Waals surface area contributed by atoms with Gasteiger partial charge in [0, 0.05) is 37.6 Å². The zero-order valence-corrected chi connectivity index (χ0v) is 63.7. The van der Waals surface area contributed by atoms with E-state index in [9.17, 15) is 15.3 Å². The van der Waals surface area contributed by atoms with E-state index < -0.39 is 0 Å². The van der Waals surface area contributed by atoms with Crippen LogP contribution in [0.5, 0.6) is 34.5 Å². The SMILES string of the molecule is CC(C)(C)Oc1ccc2c(c1)CC[C@H](c1ccccc1)[C@@H]2c1ccc(OCC2CC(CO)C2)cc1.CC(C)(C)Oc1ccc2c(c1)CC[C@H](c1ccccc1)[C@@H]2c1ccc(OCC2CC(CO)C2)cc1.CC(C)(C)Oc1ccc2c(c1)CC[C@H](c1ccccc1)[C@@H]2c1ccc(OCC2CC(CO)C2)cc1. The molecule has 0 amide bonds. The third-order valence-corrected chi connectivity index (χ3v) is 22.6. The number of fused-ring (bicyclic) bond motifs is 3. The molecule has 0 unspecified atom stereocenters. The Balaban J connectivity index is 0.000000140. The van der Waals surface area contributed by atoms with E-state index in [1.165, 1.54) is 66.8 Å². The number of aliphatic hydroxyl groups is 3. The van der Waals surface area contributed by atoms with E-state index in [1.807, 2.05) is 0 Å². The molecule has 3 fully saturated rings. The van der Waals surface area contributed by atoms with Crippen LogP contribution in [-0.2, 0) is 19.3 Å². The summed E-state index contributed by atoms with van der Waals surface area (Å²) in [6.07, 6.45) is 13.0. The number of ether oxygens (including phenoxy) is 6. The van der Waals surface area contributed by atoms with Crippen LogP contribution in [-0.4, -0.2) is 71.8 Å². The first-order valence-corrected chi connectivity index (χ1v) is 39.3. The third-order valence-electron chi connectivity index (χ3n) is 22.6. The predicted octanol–water partition coefficient (Wildman–Crippen LogP) is 21.4. The Morgan fingerprint density at radius 1 is 0.276 bits per heavy atom. The topological polar surface area (TPSA) is 116 Å². The summed E-state index contributed by atoms with van der Waals surface area (Å²) < 4.78 is 36.8. The minimum Gasteiger partial charge on any atom is -0.493 e. The Kier molecular flexibility index (Phi) is 24.0. The first-order valence-electron chi connectivity index (χ1n) is 39.3. The van der Waals surface area contributed by atoms with Gasteiger partial charge in [0.1, 0.15) is 51.3 Å². The number of aryl methyl sites for hydroxylation is 3. The van der Waals surface area contributed by atoms with Gasteiger partial charge >= 0.3 is 0 Å². The van der Waals surface area contributed by atoms with Crippen molar-refractivity contribution in [1.29, 1.82) is 0 Å². The summed E-state index contributed by atoms with van der Waals surface area (Å²) in [6.45, 7) is 22.0. The smallest absolute Gasteiger partial charge is 0.120 e. The lowest BCUT2D eigenvalue weighted by atomic mass is 9.69. The average molecular weight is 1410 g/mol. The molecule has 15 rings (SSSR count). The van der Waals surface area contributed by atoms with Crippen molar-refractivity contribution in [3.8, 4) is 34.5 Å². The molecule has 0 heterocycles. The number of benzene rings is 9. The summed E-state index contributed by atoms with van der Waals surface area (Å²) in [5, 5.41) is 27.7. The van der Waals surface area contributed by atoms with Gasteiger partial charge in [-0.05, 0) is 332 Å². The van der Waals surface area contributed by atoms with Crippen LogP contribution in [0.15, 0.2) is 218 Å². The van der Waals surface area contributed by atoms with E-state index in [0.717, 1.165) is 131 Å². The fourth-order valence-corrected chi connectivity index (χ4v) is 17.5. The second-order valence-corrected chi connectivity index (χ2v) is 34.1. The van der Waals surface area contributed by atoms with Gasteiger partial charge in [-0.2, -0.15) is 0 Å². The Morgan fingerprint density at radius 2 is 0.514 bits per heavy atom. The quantitative estimate of drug-likeness (QED) is 0.0647. The molecule has 9 heteroatoms. The predicted molar refractivity (Wildman–Crippen MR) is 424 cm³/mol.